The molecule has 1 aliphatic heterocycles. The summed E-state index contributed by atoms with van der Waals surface area (Å²) in [5.74, 6) is 0.999. The van der Waals surface area contributed by atoms with Gasteiger partial charge in [0.1, 0.15) is 0 Å². The molecule has 0 saturated carbocycles. The minimum Gasteiger partial charge on any atom is -0.459 e. The molecule has 1 fully saturated rings. The Morgan fingerprint density at radius 2 is 2.47 bits per heavy atom. The number of amides is 1. The molecule has 1 aromatic heterocycles. The Morgan fingerprint density at radius 1 is 1.65 bits per heavy atom. The SMILES string of the molecule is CCC1CN(C(=O)c2ccco2)CCC1NC. The van der Waals surface area contributed by atoms with E-state index in [-0.39, 0.29) is 5.91 Å². The Labute approximate surface area is 102 Å². The number of furan rings is 1. The molecule has 1 saturated heterocycles. The first-order valence-corrected chi connectivity index (χ1v) is 6.26. The lowest BCUT2D eigenvalue weighted by atomic mass is 9.90. The van der Waals surface area contributed by atoms with Crippen molar-refractivity contribution in [1.29, 1.82) is 0 Å². The predicted molar refractivity (Wildman–Crippen MR) is 65.9 cm³/mol. The Balaban J connectivity index is 2.02. The smallest absolute Gasteiger partial charge is 0.289 e. The van der Waals surface area contributed by atoms with E-state index >= 15 is 0 Å². The highest BCUT2D eigenvalue weighted by Gasteiger charge is 2.30. The first kappa shape index (κ1) is 12.2. The Bertz CT molecular complexity index is 362. The second kappa shape index (κ2) is 5.36. The van der Waals surface area contributed by atoms with Crippen LogP contribution in [0.25, 0.3) is 0 Å². The van der Waals surface area contributed by atoms with Crippen LogP contribution in [-0.4, -0.2) is 37.0 Å². The Kier molecular flexibility index (Phi) is 3.84. The quantitative estimate of drug-likeness (QED) is 0.869. The van der Waals surface area contributed by atoms with Gasteiger partial charge in [-0.05, 0) is 31.5 Å². The van der Waals surface area contributed by atoms with Crippen molar-refractivity contribution in [2.45, 2.75) is 25.8 Å². The lowest BCUT2D eigenvalue weighted by molar-refractivity contribution is 0.0600. The number of hydrogen-bond acceptors (Lipinski definition) is 3. The number of nitrogens with one attached hydrogen (secondary N) is 1. The molecular formula is C13H20N2O2. The van der Waals surface area contributed by atoms with Crippen LogP contribution in [0.1, 0.15) is 30.3 Å². The molecule has 0 aliphatic carbocycles. The molecule has 0 aromatic carbocycles. The molecule has 1 amide bonds. The average molecular weight is 236 g/mol. The maximum absolute atomic E-state index is 12.1. The second-order valence-electron chi connectivity index (χ2n) is 4.58. The standard InChI is InChI=1S/C13H20N2O2/c1-3-10-9-15(7-6-11(10)14-2)13(16)12-5-4-8-17-12/h4-5,8,10-11,14H,3,6-7,9H2,1-2H3. The summed E-state index contributed by atoms with van der Waals surface area (Å²) in [7, 11) is 2.00. The van der Waals surface area contributed by atoms with Crippen molar-refractivity contribution in [2.24, 2.45) is 5.92 Å². The van der Waals surface area contributed by atoms with Crippen LogP contribution in [0.15, 0.2) is 22.8 Å². The molecule has 17 heavy (non-hydrogen) atoms. The van der Waals surface area contributed by atoms with Crippen molar-refractivity contribution in [3.8, 4) is 0 Å². The molecule has 4 heteroatoms. The highest BCUT2D eigenvalue weighted by atomic mass is 16.3. The van der Waals surface area contributed by atoms with E-state index in [4.69, 9.17) is 4.42 Å². The highest BCUT2D eigenvalue weighted by Crippen LogP contribution is 2.21. The summed E-state index contributed by atoms with van der Waals surface area (Å²) in [6, 6.07) is 4.01. The van der Waals surface area contributed by atoms with E-state index in [2.05, 4.69) is 12.2 Å². The molecule has 2 rings (SSSR count). The van der Waals surface area contributed by atoms with E-state index in [0.717, 1.165) is 25.9 Å². The number of piperidine rings is 1. The zero-order chi connectivity index (χ0) is 12.3. The topological polar surface area (TPSA) is 45.5 Å². The number of likely N-dealkylation sites (tertiary alicyclic amines) is 1. The van der Waals surface area contributed by atoms with Crippen molar-refractivity contribution in [1.82, 2.24) is 10.2 Å². The van der Waals surface area contributed by atoms with Crippen LogP contribution < -0.4 is 5.32 Å². The van der Waals surface area contributed by atoms with Crippen molar-refractivity contribution in [2.75, 3.05) is 20.1 Å². The molecule has 1 aliphatic rings. The van der Waals surface area contributed by atoms with E-state index in [1.165, 1.54) is 0 Å². The van der Waals surface area contributed by atoms with Crippen molar-refractivity contribution in [3.05, 3.63) is 24.2 Å². The van der Waals surface area contributed by atoms with Crippen LogP contribution in [0.2, 0.25) is 0 Å². The van der Waals surface area contributed by atoms with Gasteiger partial charge in [-0.2, -0.15) is 0 Å². The van der Waals surface area contributed by atoms with Crippen molar-refractivity contribution in [3.63, 3.8) is 0 Å². The van der Waals surface area contributed by atoms with Crippen molar-refractivity contribution < 1.29 is 9.21 Å². The molecule has 0 radical (unpaired) electrons. The Hall–Kier alpha value is -1.29. The minimum atomic E-state index is 0.0167. The number of carbonyl (C=O) groups is 1. The summed E-state index contributed by atoms with van der Waals surface area (Å²) in [5.41, 5.74) is 0. The van der Waals surface area contributed by atoms with Gasteiger partial charge in [-0.15, -0.1) is 0 Å². The fourth-order valence-corrected chi connectivity index (χ4v) is 2.57. The molecule has 1 aromatic rings. The van der Waals surface area contributed by atoms with Crippen LogP contribution in [0.5, 0.6) is 0 Å². The summed E-state index contributed by atoms with van der Waals surface area (Å²) in [4.78, 5) is 14.0. The van der Waals surface area contributed by atoms with Crippen LogP contribution in [0, 0.1) is 5.92 Å². The number of rotatable bonds is 3. The molecule has 2 unspecified atom stereocenters. The number of hydrogen-bond donors (Lipinski definition) is 1. The van der Waals surface area contributed by atoms with E-state index < -0.39 is 0 Å². The first-order chi connectivity index (χ1) is 8.26. The van der Waals surface area contributed by atoms with Crippen LogP contribution in [0.4, 0.5) is 0 Å². The molecule has 0 bridgehead atoms. The van der Waals surface area contributed by atoms with E-state index in [0.29, 0.717) is 17.7 Å². The Morgan fingerprint density at radius 3 is 3.06 bits per heavy atom. The van der Waals surface area contributed by atoms with Gasteiger partial charge in [0.15, 0.2) is 5.76 Å². The summed E-state index contributed by atoms with van der Waals surface area (Å²) >= 11 is 0. The second-order valence-corrected chi connectivity index (χ2v) is 4.58. The van der Waals surface area contributed by atoms with Gasteiger partial charge >= 0.3 is 0 Å². The maximum atomic E-state index is 12.1. The third-order valence-electron chi connectivity index (χ3n) is 3.65. The fraction of sp³-hybridized carbons (Fsp3) is 0.615. The average Bonchev–Trinajstić information content (AvgIpc) is 2.90. The summed E-state index contributed by atoms with van der Waals surface area (Å²) in [6.45, 7) is 3.80. The highest BCUT2D eigenvalue weighted by molar-refractivity contribution is 5.91. The van der Waals surface area contributed by atoms with Gasteiger partial charge in [0.25, 0.3) is 5.91 Å². The molecular weight excluding hydrogens is 216 g/mol. The predicted octanol–water partition coefficient (Wildman–Crippen LogP) is 1.74. The lowest BCUT2D eigenvalue weighted by Gasteiger charge is -2.37. The van der Waals surface area contributed by atoms with E-state index in [1.807, 2.05) is 11.9 Å². The zero-order valence-corrected chi connectivity index (χ0v) is 10.5. The maximum Gasteiger partial charge on any atom is 0.289 e. The van der Waals surface area contributed by atoms with Gasteiger partial charge in [-0.1, -0.05) is 13.3 Å². The number of carbonyl (C=O) groups excluding carboxylic acids is 1. The largest absolute Gasteiger partial charge is 0.459 e. The molecule has 94 valence electrons. The van der Waals surface area contributed by atoms with Crippen LogP contribution in [0.3, 0.4) is 0 Å². The third kappa shape index (κ3) is 2.52. The summed E-state index contributed by atoms with van der Waals surface area (Å²) in [5, 5.41) is 3.34. The van der Waals surface area contributed by atoms with Gasteiger partial charge in [0.05, 0.1) is 6.26 Å². The van der Waals surface area contributed by atoms with E-state index in [1.54, 1.807) is 18.4 Å². The lowest BCUT2D eigenvalue weighted by Crippen LogP contribution is -2.50. The normalized spacial score (nSPS) is 24.9. The molecule has 4 nitrogen and oxygen atoms in total. The fourth-order valence-electron chi connectivity index (χ4n) is 2.57. The summed E-state index contributed by atoms with van der Waals surface area (Å²) < 4.78 is 5.16. The van der Waals surface area contributed by atoms with Gasteiger partial charge in [0.2, 0.25) is 0 Å². The van der Waals surface area contributed by atoms with Gasteiger partial charge in [-0.25, -0.2) is 0 Å². The first-order valence-electron chi connectivity index (χ1n) is 6.26. The van der Waals surface area contributed by atoms with Crippen molar-refractivity contribution >= 4 is 5.91 Å². The minimum absolute atomic E-state index is 0.0167. The molecule has 2 atom stereocenters. The van der Waals surface area contributed by atoms with E-state index in [9.17, 15) is 4.79 Å². The summed E-state index contributed by atoms with van der Waals surface area (Å²) in [6.07, 6.45) is 3.65. The number of nitrogens with zero attached hydrogens (tertiary/aromatic N) is 1. The van der Waals surface area contributed by atoms with Crippen LogP contribution in [-0.2, 0) is 0 Å². The monoisotopic (exact) mass is 236 g/mol. The zero-order valence-electron chi connectivity index (χ0n) is 10.5. The van der Waals surface area contributed by atoms with Gasteiger partial charge in [-0.3, -0.25) is 4.79 Å². The molecule has 1 N–H and O–H groups in total. The molecule has 2 heterocycles. The van der Waals surface area contributed by atoms with Crippen LogP contribution >= 0.6 is 0 Å². The molecule has 0 spiro atoms. The van der Waals surface area contributed by atoms with Gasteiger partial charge < -0.3 is 14.6 Å². The third-order valence-corrected chi connectivity index (χ3v) is 3.65. The van der Waals surface area contributed by atoms with Gasteiger partial charge in [0, 0.05) is 19.1 Å².